The van der Waals surface area contributed by atoms with E-state index in [9.17, 15) is 5.11 Å². The normalized spacial score (nSPS) is 23.4. The summed E-state index contributed by atoms with van der Waals surface area (Å²) in [5.74, 6) is 2.37. The van der Waals surface area contributed by atoms with Gasteiger partial charge in [0.2, 0.25) is 5.89 Å². The Balaban J connectivity index is 1.78. The van der Waals surface area contributed by atoms with E-state index >= 15 is 0 Å². The van der Waals surface area contributed by atoms with E-state index in [2.05, 4.69) is 51.7 Å². The van der Waals surface area contributed by atoms with E-state index in [1.807, 2.05) is 6.07 Å². The van der Waals surface area contributed by atoms with Crippen molar-refractivity contribution < 1.29 is 14.3 Å². The zero-order valence-electron chi connectivity index (χ0n) is 17.6. The Hall–Kier alpha value is -2.23. The van der Waals surface area contributed by atoms with Crippen molar-refractivity contribution in [1.82, 2.24) is 4.98 Å². The molecule has 1 aromatic heterocycles. The molecular weight excluding hydrogens is 350 g/mol. The molecule has 150 valence electrons. The topological polar surface area (TPSA) is 55.5 Å². The molecule has 4 rings (SSSR count). The molecule has 0 bridgehead atoms. The van der Waals surface area contributed by atoms with E-state index in [1.165, 1.54) is 0 Å². The number of phenolic OH excluding ortho intramolecular Hbond substituents is 1. The van der Waals surface area contributed by atoms with Crippen LogP contribution in [0.4, 0.5) is 0 Å². The van der Waals surface area contributed by atoms with E-state index in [-0.39, 0.29) is 16.9 Å². The molecule has 2 atom stereocenters. The van der Waals surface area contributed by atoms with Crippen LogP contribution in [0.3, 0.4) is 0 Å². The highest BCUT2D eigenvalue weighted by Gasteiger charge is 2.47. The fourth-order valence-electron chi connectivity index (χ4n) is 5.11. The number of rotatable bonds is 4. The van der Waals surface area contributed by atoms with Gasteiger partial charge in [0, 0.05) is 23.0 Å². The quantitative estimate of drug-likeness (QED) is 0.684. The van der Waals surface area contributed by atoms with Gasteiger partial charge in [-0.2, -0.15) is 0 Å². The fraction of sp³-hybridized carbons (Fsp3) is 0.542. The molecule has 0 unspecified atom stereocenters. The molecule has 2 aliphatic rings. The molecule has 1 aliphatic carbocycles. The Bertz CT molecular complexity index is 893. The second-order valence-electron chi connectivity index (χ2n) is 9.47. The van der Waals surface area contributed by atoms with Crippen molar-refractivity contribution in [3.05, 3.63) is 47.7 Å². The Labute approximate surface area is 167 Å². The van der Waals surface area contributed by atoms with Gasteiger partial charge >= 0.3 is 0 Å². The molecule has 0 radical (unpaired) electrons. The number of ether oxygens (including phenoxy) is 1. The van der Waals surface area contributed by atoms with Gasteiger partial charge in [-0.15, -0.1) is 0 Å². The van der Waals surface area contributed by atoms with E-state index in [0.717, 1.165) is 48.1 Å². The number of allylic oxidation sites excluding steroid dienone is 2. The summed E-state index contributed by atoms with van der Waals surface area (Å²) in [4.78, 5) is 4.33. The summed E-state index contributed by atoms with van der Waals surface area (Å²) < 4.78 is 12.0. The molecule has 0 saturated heterocycles. The minimum absolute atomic E-state index is 0.00132. The minimum atomic E-state index is -0.295. The molecule has 1 aromatic carbocycles. The number of oxazole rings is 1. The summed E-state index contributed by atoms with van der Waals surface area (Å²) in [7, 11) is 0. The predicted octanol–water partition coefficient (Wildman–Crippen LogP) is 6.21. The second kappa shape index (κ2) is 6.68. The lowest BCUT2D eigenvalue weighted by Gasteiger charge is -2.47. The number of hydrogen-bond donors (Lipinski definition) is 1. The molecule has 2 aromatic rings. The second-order valence-corrected chi connectivity index (χ2v) is 9.47. The lowest BCUT2D eigenvalue weighted by Crippen LogP contribution is -2.45. The number of aromatic hydroxyl groups is 1. The molecule has 4 heteroatoms. The molecule has 0 spiro atoms. The van der Waals surface area contributed by atoms with Gasteiger partial charge in [-0.05, 0) is 56.2 Å². The van der Waals surface area contributed by atoms with E-state index in [0.29, 0.717) is 17.6 Å². The lowest BCUT2D eigenvalue weighted by molar-refractivity contribution is 0.00896. The first-order valence-electron chi connectivity index (χ1n) is 10.4. The van der Waals surface area contributed by atoms with E-state index in [4.69, 9.17) is 9.15 Å². The zero-order valence-corrected chi connectivity index (χ0v) is 17.6. The highest BCUT2D eigenvalue weighted by molar-refractivity contribution is 5.64. The summed E-state index contributed by atoms with van der Waals surface area (Å²) in [6.07, 6.45) is 9.38. The van der Waals surface area contributed by atoms with Crippen molar-refractivity contribution in [3.8, 4) is 11.5 Å². The Morgan fingerprint density at radius 1 is 1.29 bits per heavy atom. The van der Waals surface area contributed by atoms with Gasteiger partial charge in [-0.25, -0.2) is 4.98 Å². The molecule has 1 N–H and O–H groups in total. The number of phenols is 1. The number of fused-ring (bicyclic) bond motifs is 3. The van der Waals surface area contributed by atoms with Gasteiger partial charge < -0.3 is 14.3 Å². The lowest BCUT2D eigenvalue weighted by atomic mass is 9.66. The number of aromatic nitrogens is 1. The van der Waals surface area contributed by atoms with Crippen LogP contribution in [-0.4, -0.2) is 15.7 Å². The first-order valence-corrected chi connectivity index (χ1v) is 10.4. The summed E-state index contributed by atoms with van der Waals surface area (Å²) >= 11 is 0. The monoisotopic (exact) mass is 381 g/mol. The van der Waals surface area contributed by atoms with Crippen LogP contribution < -0.4 is 4.74 Å². The maximum absolute atomic E-state index is 11.1. The smallest absolute Gasteiger partial charge is 0.221 e. The van der Waals surface area contributed by atoms with Crippen LogP contribution >= 0.6 is 0 Å². The van der Waals surface area contributed by atoms with Crippen LogP contribution in [0, 0.1) is 5.92 Å². The molecule has 0 amide bonds. The van der Waals surface area contributed by atoms with Gasteiger partial charge in [-0.1, -0.05) is 33.3 Å². The highest BCUT2D eigenvalue weighted by Crippen LogP contribution is 2.55. The number of benzene rings is 1. The molecular formula is C24H31NO3. The van der Waals surface area contributed by atoms with Crippen molar-refractivity contribution >= 4 is 5.57 Å². The van der Waals surface area contributed by atoms with Crippen LogP contribution in [0.15, 0.2) is 35.1 Å². The Morgan fingerprint density at radius 2 is 2.07 bits per heavy atom. The molecule has 0 fully saturated rings. The van der Waals surface area contributed by atoms with Crippen LogP contribution in [0.1, 0.15) is 83.2 Å². The van der Waals surface area contributed by atoms with Crippen molar-refractivity contribution in [2.45, 2.75) is 77.2 Å². The highest BCUT2D eigenvalue weighted by atomic mass is 16.5. The van der Waals surface area contributed by atoms with Gasteiger partial charge in [0.05, 0.1) is 6.20 Å². The molecule has 28 heavy (non-hydrogen) atoms. The van der Waals surface area contributed by atoms with Crippen molar-refractivity contribution in [3.63, 3.8) is 0 Å². The average Bonchev–Trinajstić information content (AvgIpc) is 3.15. The van der Waals surface area contributed by atoms with Crippen LogP contribution in [-0.2, 0) is 5.41 Å². The van der Waals surface area contributed by atoms with Crippen LogP contribution in [0.5, 0.6) is 11.5 Å². The van der Waals surface area contributed by atoms with Gasteiger partial charge in [-0.3, -0.25) is 0 Å². The average molecular weight is 382 g/mol. The standard InChI is InChI=1S/C24H31NO3/c1-6-9-23(2,3)16-13-19(26)21-17-12-15(22-25-10-11-27-22)7-8-18(17)24(4,5)28-20(21)14-16/h7,10-11,13-14,17-18,26H,6,8-9,12H2,1-5H3/t17-,18-/m1/s1. The van der Waals surface area contributed by atoms with E-state index in [1.54, 1.807) is 12.5 Å². The fourth-order valence-corrected chi connectivity index (χ4v) is 5.11. The van der Waals surface area contributed by atoms with Crippen molar-refractivity contribution in [2.24, 2.45) is 5.92 Å². The molecule has 2 heterocycles. The van der Waals surface area contributed by atoms with Crippen LogP contribution in [0.25, 0.3) is 5.57 Å². The third kappa shape index (κ3) is 3.13. The van der Waals surface area contributed by atoms with Crippen molar-refractivity contribution in [1.29, 1.82) is 0 Å². The van der Waals surface area contributed by atoms with Gasteiger partial charge in [0.25, 0.3) is 0 Å². The molecule has 4 nitrogen and oxygen atoms in total. The summed E-state index contributed by atoms with van der Waals surface area (Å²) in [5, 5.41) is 11.1. The minimum Gasteiger partial charge on any atom is -0.508 e. The zero-order chi connectivity index (χ0) is 20.1. The van der Waals surface area contributed by atoms with Crippen LogP contribution in [0.2, 0.25) is 0 Å². The maximum Gasteiger partial charge on any atom is 0.221 e. The van der Waals surface area contributed by atoms with Gasteiger partial charge in [0.1, 0.15) is 23.4 Å². The molecule has 1 aliphatic heterocycles. The first-order chi connectivity index (χ1) is 13.2. The third-order valence-electron chi connectivity index (χ3n) is 6.66. The number of hydrogen-bond acceptors (Lipinski definition) is 4. The van der Waals surface area contributed by atoms with Crippen molar-refractivity contribution in [2.75, 3.05) is 0 Å². The third-order valence-corrected chi connectivity index (χ3v) is 6.66. The number of nitrogens with zero attached hydrogens (tertiary/aromatic N) is 1. The maximum atomic E-state index is 11.1. The van der Waals surface area contributed by atoms with Gasteiger partial charge in [0.15, 0.2) is 0 Å². The van der Waals surface area contributed by atoms with E-state index < -0.39 is 0 Å². The Morgan fingerprint density at radius 3 is 2.75 bits per heavy atom. The summed E-state index contributed by atoms with van der Waals surface area (Å²) in [6.45, 7) is 11.0. The SMILES string of the molecule is CCCC(C)(C)c1cc(O)c2c(c1)OC(C)(C)[C@@H]1CC=C(c3ncco3)C[C@@H]21. The summed E-state index contributed by atoms with van der Waals surface area (Å²) in [6, 6.07) is 4.11. The molecule has 0 saturated carbocycles. The first kappa shape index (κ1) is 19.1. The largest absolute Gasteiger partial charge is 0.508 e. The summed E-state index contributed by atoms with van der Waals surface area (Å²) in [5.41, 5.74) is 2.90. The Kier molecular flexibility index (Phi) is 4.56. The predicted molar refractivity (Wildman–Crippen MR) is 111 cm³/mol.